The summed E-state index contributed by atoms with van der Waals surface area (Å²) in [6, 6.07) is 16.0. The molecule has 0 saturated heterocycles. The largest absolute Gasteiger partial charge is 0.272 e. The van der Waals surface area contributed by atoms with Gasteiger partial charge in [0.25, 0.3) is 5.91 Å². The van der Waals surface area contributed by atoms with Crippen LogP contribution in [0.25, 0.3) is 17.1 Å². The SMILES string of the molecule is O=C(CSc1nnc(-c2ccncc2)n1-c1ccc(Cl)cc1)NN=Cc1ccc(Cl)c(Cl)c1. The highest BCUT2D eigenvalue weighted by Gasteiger charge is 2.17. The number of nitrogens with one attached hydrogen (secondary N) is 1. The number of aromatic nitrogens is 4. The summed E-state index contributed by atoms with van der Waals surface area (Å²) in [6.07, 6.45) is 4.85. The molecular formula is C22H15Cl3N6OS. The maximum Gasteiger partial charge on any atom is 0.250 e. The number of amides is 1. The highest BCUT2D eigenvalue weighted by Crippen LogP contribution is 2.28. The fourth-order valence-corrected chi connectivity index (χ4v) is 3.98. The molecule has 2 heterocycles. The Hall–Kier alpha value is -2.91. The summed E-state index contributed by atoms with van der Waals surface area (Å²) in [5.41, 5.74) is 4.86. The van der Waals surface area contributed by atoms with Crippen LogP contribution in [0.3, 0.4) is 0 Å². The van der Waals surface area contributed by atoms with Crippen molar-refractivity contribution in [2.45, 2.75) is 5.16 Å². The van der Waals surface area contributed by atoms with Crippen molar-refractivity contribution < 1.29 is 4.79 Å². The molecule has 166 valence electrons. The lowest BCUT2D eigenvalue weighted by molar-refractivity contribution is -0.118. The molecule has 4 aromatic rings. The van der Waals surface area contributed by atoms with E-state index >= 15 is 0 Å². The maximum atomic E-state index is 12.3. The van der Waals surface area contributed by atoms with Gasteiger partial charge in [-0.3, -0.25) is 14.3 Å². The molecule has 11 heteroatoms. The number of hydrogen-bond donors (Lipinski definition) is 1. The molecule has 0 radical (unpaired) electrons. The molecule has 0 bridgehead atoms. The molecule has 0 aliphatic carbocycles. The summed E-state index contributed by atoms with van der Waals surface area (Å²) >= 11 is 19.2. The van der Waals surface area contributed by atoms with Gasteiger partial charge in [0.05, 0.1) is 22.0 Å². The minimum atomic E-state index is -0.299. The molecule has 2 aromatic carbocycles. The summed E-state index contributed by atoms with van der Waals surface area (Å²) in [5, 5.41) is 14.6. The van der Waals surface area contributed by atoms with Crippen molar-refractivity contribution in [1.82, 2.24) is 25.2 Å². The molecule has 1 amide bonds. The van der Waals surface area contributed by atoms with Crippen LogP contribution in [0, 0.1) is 0 Å². The Labute approximate surface area is 208 Å². The van der Waals surface area contributed by atoms with E-state index in [-0.39, 0.29) is 11.7 Å². The standard InChI is InChI=1S/C22H15Cl3N6OS/c23-16-2-4-17(5-3-16)31-21(15-7-9-26-10-8-15)29-30-22(31)33-13-20(32)28-27-12-14-1-6-18(24)19(25)11-14/h1-12H,13H2,(H,28,32). The first-order valence-electron chi connectivity index (χ1n) is 9.53. The van der Waals surface area contributed by atoms with Crippen molar-refractivity contribution in [2.75, 3.05) is 5.75 Å². The van der Waals surface area contributed by atoms with Crippen LogP contribution in [0.1, 0.15) is 5.56 Å². The predicted octanol–water partition coefficient (Wildman–Crippen LogP) is 5.53. The number of thioether (sulfide) groups is 1. The monoisotopic (exact) mass is 516 g/mol. The van der Waals surface area contributed by atoms with Crippen molar-refractivity contribution in [3.05, 3.63) is 87.6 Å². The van der Waals surface area contributed by atoms with Crippen molar-refractivity contribution >= 4 is 58.7 Å². The second-order valence-corrected chi connectivity index (χ2v) is 8.80. The number of pyridine rings is 1. The van der Waals surface area contributed by atoms with Crippen LogP contribution in [0.4, 0.5) is 0 Å². The number of nitrogens with zero attached hydrogens (tertiary/aromatic N) is 5. The third-order valence-corrected chi connectivity index (χ3v) is 6.26. The Balaban J connectivity index is 1.49. The Kier molecular flexibility index (Phi) is 7.61. The fourth-order valence-electron chi connectivity index (χ4n) is 2.81. The van der Waals surface area contributed by atoms with Crippen LogP contribution >= 0.6 is 46.6 Å². The normalized spacial score (nSPS) is 11.1. The first-order valence-corrected chi connectivity index (χ1v) is 11.6. The van der Waals surface area contributed by atoms with E-state index in [4.69, 9.17) is 34.8 Å². The number of carbonyl (C=O) groups is 1. The third kappa shape index (κ3) is 5.91. The second-order valence-electron chi connectivity index (χ2n) is 6.61. The summed E-state index contributed by atoms with van der Waals surface area (Å²) in [4.78, 5) is 16.4. The average molecular weight is 518 g/mol. The minimum Gasteiger partial charge on any atom is -0.272 e. The number of rotatable bonds is 7. The zero-order chi connectivity index (χ0) is 23.2. The number of benzene rings is 2. The molecule has 33 heavy (non-hydrogen) atoms. The molecule has 1 N–H and O–H groups in total. The van der Waals surface area contributed by atoms with Crippen molar-refractivity contribution in [1.29, 1.82) is 0 Å². The van der Waals surface area contributed by atoms with Gasteiger partial charge in [-0.2, -0.15) is 5.10 Å². The Morgan fingerprint density at radius 2 is 1.76 bits per heavy atom. The number of halogens is 3. The van der Waals surface area contributed by atoms with E-state index in [0.717, 1.165) is 11.3 Å². The maximum absolute atomic E-state index is 12.3. The third-order valence-electron chi connectivity index (χ3n) is 4.34. The lowest BCUT2D eigenvalue weighted by Gasteiger charge is -2.10. The first-order chi connectivity index (χ1) is 16.0. The number of carbonyl (C=O) groups excluding carboxylic acids is 1. The Morgan fingerprint density at radius 3 is 2.48 bits per heavy atom. The summed E-state index contributed by atoms with van der Waals surface area (Å²) in [7, 11) is 0. The molecule has 4 rings (SSSR count). The van der Waals surface area contributed by atoms with E-state index in [0.29, 0.717) is 31.6 Å². The molecule has 0 aliphatic heterocycles. The van der Waals surface area contributed by atoms with Gasteiger partial charge in [0.15, 0.2) is 11.0 Å². The van der Waals surface area contributed by atoms with Crippen LogP contribution in [-0.2, 0) is 4.79 Å². The molecule has 0 aliphatic rings. The van der Waals surface area contributed by atoms with Gasteiger partial charge < -0.3 is 0 Å². The van der Waals surface area contributed by atoms with E-state index in [2.05, 4.69) is 25.7 Å². The second kappa shape index (κ2) is 10.8. The Bertz CT molecular complexity index is 1300. The van der Waals surface area contributed by atoms with Crippen LogP contribution < -0.4 is 5.43 Å². The van der Waals surface area contributed by atoms with E-state index < -0.39 is 0 Å². The fraction of sp³-hybridized carbons (Fsp3) is 0.0455. The molecule has 0 atom stereocenters. The van der Waals surface area contributed by atoms with E-state index in [1.807, 2.05) is 28.8 Å². The van der Waals surface area contributed by atoms with E-state index in [1.165, 1.54) is 18.0 Å². The van der Waals surface area contributed by atoms with Crippen LogP contribution in [0.2, 0.25) is 15.1 Å². The summed E-state index contributed by atoms with van der Waals surface area (Å²) in [6.45, 7) is 0. The smallest absolute Gasteiger partial charge is 0.250 e. The summed E-state index contributed by atoms with van der Waals surface area (Å²) in [5.74, 6) is 0.411. The number of hydrazone groups is 1. The van der Waals surface area contributed by atoms with Gasteiger partial charge in [-0.1, -0.05) is 52.6 Å². The zero-order valence-electron chi connectivity index (χ0n) is 16.8. The molecule has 0 saturated carbocycles. The van der Waals surface area contributed by atoms with Crippen molar-refractivity contribution in [3.8, 4) is 17.1 Å². The van der Waals surface area contributed by atoms with Crippen molar-refractivity contribution in [3.63, 3.8) is 0 Å². The lowest BCUT2D eigenvalue weighted by atomic mass is 10.2. The van der Waals surface area contributed by atoms with E-state index in [1.54, 1.807) is 42.7 Å². The van der Waals surface area contributed by atoms with Gasteiger partial charge in [0.2, 0.25) is 0 Å². The summed E-state index contributed by atoms with van der Waals surface area (Å²) < 4.78 is 1.86. The molecule has 0 fully saturated rings. The quantitative estimate of drug-likeness (QED) is 0.198. The Morgan fingerprint density at radius 1 is 1.00 bits per heavy atom. The van der Waals surface area contributed by atoms with Gasteiger partial charge in [-0.25, -0.2) is 5.43 Å². The average Bonchev–Trinajstić information content (AvgIpc) is 3.25. The molecular weight excluding hydrogens is 503 g/mol. The molecule has 7 nitrogen and oxygen atoms in total. The zero-order valence-corrected chi connectivity index (χ0v) is 19.9. The molecule has 0 unspecified atom stereocenters. The number of hydrogen-bond acceptors (Lipinski definition) is 6. The van der Waals surface area contributed by atoms with E-state index in [9.17, 15) is 4.79 Å². The molecule has 0 spiro atoms. The molecule has 2 aromatic heterocycles. The topological polar surface area (TPSA) is 85.1 Å². The highest BCUT2D eigenvalue weighted by molar-refractivity contribution is 7.99. The minimum absolute atomic E-state index is 0.0841. The van der Waals surface area contributed by atoms with Gasteiger partial charge in [-0.05, 0) is 54.1 Å². The van der Waals surface area contributed by atoms with Crippen molar-refractivity contribution in [2.24, 2.45) is 5.10 Å². The van der Waals surface area contributed by atoms with Crippen LogP contribution in [0.15, 0.2) is 77.2 Å². The van der Waals surface area contributed by atoms with Crippen LogP contribution in [-0.4, -0.2) is 37.6 Å². The predicted molar refractivity (Wildman–Crippen MR) is 133 cm³/mol. The van der Waals surface area contributed by atoms with Gasteiger partial charge in [0, 0.05) is 28.7 Å². The lowest BCUT2D eigenvalue weighted by Crippen LogP contribution is -2.20. The van der Waals surface area contributed by atoms with Crippen LogP contribution in [0.5, 0.6) is 0 Å². The first kappa shape index (κ1) is 23.3. The van der Waals surface area contributed by atoms with Gasteiger partial charge >= 0.3 is 0 Å². The highest BCUT2D eigenvalue weighted by atomic mass is 35.5. The van der Waals surface area contributed by atoms with Gasteiger partial charge in [-0.15, -0.1) is 10.2 Å². The van der Waals surface area contributed by atoms with Gasteiger partial charge in [0.1, 0.15) is 0 Å².